The quantitative estimate of drug-likeness (QED) is 0.804. The molecule has 7 heteroatoms. The molecule has 0 bridgehead atoms. The second kappa shape index (κ2) is 7.98. The van der Waals surface area contributed by atoms with Gasteiger partial charge in [0.05, 0.1) is 6.61 Å². The van der Waals surface area contributed by atoms with Gasteiger partial charge in [0.1, 0.15) is 22.3 Å². The second-order valence-electron chi connectivity index (χ2n) is 5.43. The van der Waals surface area contributed by atoms with E-state index in [4.69, 9.17) is 4.74 Å². The van der Waals surface area contributed by atoms with Gasteiger partial charge in [0.25, 0.3) is 5.91 Å². The van der Waals surface area contributed by atoms with E-state index in [9.17, 15) is 9.18 Å². The Hall–Kier alpha value is -1.60. The third-order valence-corrected chi connectivity index (χ3v) is 5.48. The Morgan fingerprint density at radius 2 is 2.17 bits per heavy atom. The van der Waals surface area contributed by atoms with Crippen molar-refractivity contribution in [2.45, 2.75) is 13.3 Å². The summed E-state index contributed by atoms with van der Waals surface area (Å²) >= 11 is 3.14. The van der Waals surface area contributed by atoms with Gasteiger partial charge in [-0.25, -0.2) is 9.37 Å². The first-order chi connectivity index (χ1) is 11.7. The Labute approximate surface area is 149 Å². The van der Waals surface area contributed by atoms with Crippen LogP contribution in [-0.4, -0.2) is 47.0 Å². The lowest BCUT2D eigenvalue weighted by Crippen LogP contribution is -2.38. The summed E-state index contributed by atoms with van der Waals surface area (Å²) in [6.45, 7) is 4.05. The summed E-state index contributed by atoms with van der Waals surface area (Å²) in [6, 6.07) is 4.76. The molecular formula is C17H19FN2O2S2. The maximum atomic E-state index is 14.3. The lowest BCUT2D eigenvalue weighted by atomic mass is 10.2. The van der Waals surface area contributed by atoms with E-state index in [0.717, 1.165) is 31.0 Å². The second-order valence-corrected chi connectivity index (χ2v) is 7.52. The zero-order valence-corrected chi connectivity index (χ0v) is 15.1. The number of ether oxygens (including phenoxy) is 1. The van der Waals surface area contributed by atoms with Crippen molar-refractivity contribution in [1.82, 2.24) is 9.88 Å². The largest absolute Gasteiger partial charge is 0.494 e. The van der Waals surface area contributed by atoms with Gasteiger partial charge in [0, 0.05) is 41.6 Å². The van der Waals surface area contributed by atoms with E-state index in [0.29, 0.717) is 28.6 Å². The molecule has 4 nitrogen and oxygen atoms in total. The minimum atomic E-state index is -0.383. The number of hydrogen-bond donors (Lipinski definition) is 0. The number of carbonyl (C=O) groups is 1. The highest BCUT2D eigenvalue weighted by molar-refractivity contribution is 7.99. The fraction of sp³-hybridized carbons (Fsp3) is 0.412. The molecule has 1 aliphatic rings. The number of thioether (sulfide) groups is 1. The number of rotatable bonds is 5. The van der Waals surface area contributed by atoms with E-state index in [1.165, 1.54) is 17.4 Å². The molecule has 0 N–H and O–H groups in total. The van der Waals surface area contributed by atoms with Crippen LogP contribution in [0.5, 0.6) is 5.75 Å². The molecular weight excluding hydrogens is 347 g/mol. The third-order valence-electron chi connectivity index (χ3n) is 3.67. The number of nitrogens with zero attached hydrogens (tertiary/aromatic N) is 2. The van der Waals surface area contributed by atoms with Crippen LogP contribution in [0.15, 0.2) is 23.6 Å². The van der Waals surface area contributed by atoms with Gasteiger partial charge in [-0.05, 0) is 18.6 Å². The van der Waals surface area contributed by atoms with E-state index in [1.54, 1.807) is 17.5 Å². The monoisotopic (exact) mass is 366 g/mol. The maximum absolute atomic E-state index is 14.3. The molecule has 0 saturated carbocycles. The van der Waals surface area contributed by atoms with Gasteiger partial charge in [-0.15, -0.1) is 11.3 Å². The molecule has 1 saturated heterocycles. The average Bonchev–Trinajstić information content (AvgIpc) is 3.10. The van der Waals surface area contributed by atoms with Crippen LogP contribution in [0, 0.1) is 5.82 Å². The van der Waals surface area contributed by atoms with Crippen LogP contribution >= 0.6 is 23.1 Å². The molecule has 0 unspecified atom stereocenters. The van der Waals surface area contributed by atoms with Crippen LogP contribution in [0.25, 0.3) is 10.6 Å². The van der Waals surface area contributed by atoms with Crippen molar-refractivity contribution in [3.63, 3.8) is 0 Å². The van der Waals surface area contributed by atoms with Gasteiger partial charge in [0.2, 0.25) is 0 Å². The van der Waals surface area contributed by atoms with Crippen LogP contribution in [0.2, 0.25) is 0 Å². The number of halogens is 1. The lowest BCUT2D eigenvalue weighted by Gasteiger charge is -2.25. The number of aromatic nitrogens is 1. The van der Waals surface area contributed by atoms with Crippen molar-refractivity contribution in [2.75, 3.05) is 31.2 Å². The molecule has 3 rings (SSSR count). The predicted molar refractivity (Wildman–Crippen MR) is 96.5 cm³/mol. The Morgan fingerprint density at radius 3 is 2.88 bits per heavy atom. The zero-order valence-electron chi connectivity index (χ0n) is 13.5. The fourth-order valence-corrected chi connectivity index (χ4v) is 4.13. The molecule has 2 aromatic rings. The highest BCUT2D eigenvalue weighted by Gasteiger charge is 2.21. The fourth-order valence-electron chi connectivity index (χ4n) is 2.40. The number of thiazole rings is 1. The van der Waals surface area contributed by atoms with Gasteiger partial charge in [0.15, 0.2) is 0 Å². The highest BCUT2D eigenvalue weighted by atomic mass is 32.2. The standard InChI is InChI=1S/C17H19FN2O2S2/c1-2-7-22-12-3-4-13(14(18)10-12)16-19-15(11-24-16)17(21)20-5-8-23-9-6-20/h3-4,10-11H,2,5-9H2,1H3. The van der Waals surface area contributed by atoms with Gasteiger partial charge < -0.3 is 9.64 Å². The van der Waals surface area contributed by atoms with E-state index in [2.05, 4.69) is 4.98 Å². The summed E-state index contributed by atoms with van der Waals surface area (Å²) in [6.07, 6.45) is 0.871. The summed E-state index contributed by atoms with van der Waals surface area (Å²) in [7, 11) is 0. The molecule has 1 aromatic heterocycles. The summed E-state index contributed by atoms with van der Waals surface area (Å²) in [5.41, 5.74) is 0.796. The zero-order chi connectivity index (χ0) is 16.9. The Morgan fingerprint density at radius 1 is 1.38 bits per heavy atom. The number of benzene rings is 1. The molecule has 0 aliphatic carbocycles. The van der Waals surface area contributed by atoms with E-state index in [1.807, 2.05) is 23.6 Å². The van der Waals surface area contributed by atoms with Crippen molar-refractivity contribution in [2.24, 2.45) is 0 Å². The Kier molecular flexibility index (Phi) is 5.73. The molecule has 0 radical (unpaired) electrons. The van der Waals surface area contributed by atoms with Gasteiger partial charge in [-0.2, -0.15) is 11.8 Å². The topological polar surface area (TPSA) is 42.4 Å². The molecule has 1 fully saturated rings. The van der Waals surface area contributed by atoms with E-state index in [-0.39, 0.29) is 11.7 Å². The predicted octanol–water partition coefficient (Wildman–Crippen LogP) is 3.93. The van der Waals surface area contributed by atoms with Crippen LogP contribution in [0.3, 0.4) is 0 Å². The Balaban J connectivity index is 1.76. The molecule has 24 heavy (non-hydrogen) atoms. The SMILES string of the molecule is CCCOc1ccc(-c2nc(C(=O)N3CCSCC3)cs2)c(F)c1. The number of carbonyl (C=O) groups excluding carboxylic acids is 1. The smallest absolute Gasteiger partial charge is 0.273 e. The summed E-state index contributed by atoms with van der Waals surface area (Å²) in [4.78, 5) is 18.6. The first-order valence-electron chi connectivity index (χ1n) is 7.94. The minimum absolute atomic E-state index is 0.0684. The molecule has 1 amide bonds. The average molecular weight is 366 g/mol. The van der Waals surface area contributed by atoms with E-state index < -0.39 is 0 Å². The van der Waals surface area contributed by atoms with Crippen LogP contribution < -0.4 is 4.74 Å². The van der Waals surface area contributed by atoms with Gasteiger partial charge in [-0.1, -0.05) is 6.92 Å². The van der Waals surface area contributed by atoms with Gasteiger partial charge in [-0.3, -0.25) is 4.79 Å². The third kappa shape index (κ3) is 3.89. The molecule has 2 heterocycles. The molecule has 0 spiro atoms. The summed E-state index contributed by atoms with van der Waals surface area (Å²) in [5.74, 6) is 1.97. The van der Waals surface area contributed by atoms with Crippen molar-refractivity contribution in [3.8, 4) is 16.3 Å². The lowest BCUT2D eigenvalue weighted by molar-refractivity contribution is 0.0767. The van der Waals surface area contributed by atoms with E-state index >= 15 is 0 Å². The summed E-state index contributed by atoms with van der Waals surface area (Å²) < 4.78 is 19.7. The molecule has 1 aromatic carbocycles. The van der Waals surface area contributed by atoms with Crippen LogP contribution in [0.4, 0.5) is 4.39 Å². The van der Waals surface area contributed by atoms with Crippen molar-refractivity contribution < 1.29 is 13.9 Å². The maximum Gasteiger partial charge on any atom is 0.273 e. The number of amides is 1. The minimum Gasteiger partial charge on any atom is -0.494 e. The van der Waals surface area contributed by atoms with Crippen molar-refractivity contribution in [1.29, 1.82) is 0 Å². The van der Waals surface area contributed by atoms with Crippen molar-refractivity contribution >= 4 is 29.0 Å². The first-order valence-corrected chi connectivity index (χ1v) is 9.97. The first kappa shape index (κ1) is 17.2. The Bertz CT molecular complexity index is 714. The summed E-state index contributed by atoms with van der Waals surface area (Å²) in [5, 5.41) is 2.23. The normalized spacial score (nSPS) is 14.7. The molecule has 0 atom stereocenters. The van der Waals surface area contributed by atoms with Gasteiger partial charge >= 0.3 is 0 Å². The number of hydrogen-bond acceptors (Lipinski definition) is 5. The van der Waals surface area contributed by atoms with Crippen LogP contribution in [-0.2, 0) is 0 Å². The molecule has 128 valence electrons. The van der Waals surface area contributed by atoms with Crippen LogP contribution in [0.1, 0.15) is 23.8 Å². The van der Waals surface area contributed by atoms with Crippen molar-refractivity contribution in [3.05, 3.63) is 35.1 Å². The highest BCUT2D eigenvalue weighted by Crippen LogP contribution is 2.29. The molecule has 1 aliphatic heterocycles.